The van der Waals surface area contributed by atoms with E-state index in [4.69, 9.17) is 4.74 Å². The van der Waals surface area contributed by atoms with Crippen LogP contribution in [0.1, 0.15) is 53.4 Å². The predicted molar refractivity (Wildman–Crippen MR) is 70.7 cm³/mol. The minimum absolute atomic E-state index is 0.0628. The van der Waals surface area contributed by atoms with Gasteiger partial charge in [-0.05, 0) is 31.3 Å². The van der Waals surface area contributed by atoms with Gasteiger partial charge in [-0.2, -0.15) is 0 Å². The van der Waals surface area contributed by atoms with Crippen LogP contribution in [0.2, 0.25) is 0 Å². The van der Waals surface area contributed by atoms with Gasteiger partial charge in [0.25, 0.3) is 0 Å². The first kappa shape index (κ1) is 14.0. The number of rotatable bonds is 5. The summed E-state index contributed by atoms with van der Waals surface area (Å²) in [4.78, 5) is 11.9. The van der Waals surface area contributed by atoms with Gasteiger partial charge in [0, 0.05) is 0 Å². The van der Waals surface area contributed by atoms with Crippen molar-refractivity contribution in [3.8, 4) is 0 Å². The molecule has 0 atom stereocenters. The van der Waals surface area contributed by atoms with Crippen LogP contribution >= 0.6 is 0 Å². The maximum Gasteiger partial charge on any atom is 0.309 e. The quantitative estimate of drug-likeness (QED) is 0.674. The monoisotopic (exact) mass is 236 g/mol. The Morgan fingerprint density at radius 3 is 2.47 bits per heavy atom. The minimum atomic E-state index is -0.383. The predicted octanol–water partition coefficient (Wildman–Crippen LogP) is 4.02. The van der Waals surface area contributed by atoms with Crippen molar-refractivity contribution in [2.45, 2.75) is 59.0 Å². The Hall–Kier alpha value is -1.05. The fourth-order valence-electron chi connectivity index (χ4n) is 2.21. The third-order valence-corrected chi connectivity index (χ3v) is 3.51. The lowest BCUT2D eigenvalue weighted by Crippen LogP contribution is -2.37. The number of ether oxygens (including phenoxy) is 1. The number of carbonyl (C=O) groups is 1. The molecule has 0 saturated carbocycles. The highest BCUT2D eigenvalue weighted by Gasteiger charge is 2.35. The fraction of sp³-hybridized carbons (Fsp3) is 0.667. The molecule has 96 valence electrons. The van der Waals surface area contributed by atoms with Gasteiger partial charge in [-0.15, -0.1) is 0 Å². The maximum absolute atomic E-state index is 11.9. The van der Waals surface area contributed by atoms with Gasteiger partial charge < -0.3 is 4.74 Å². The SMILES string of the molecule is CCC(CC)(OC(=O)C(C)C)C1=CC=CCC1. The van der Waals surface area contributed by atoms with Crippen LogP contribution in [0.15, 0.2) is 23.8 Å². The Kier molecular flexibility index (Phi) is 4.98. The van der Waals surface area contributed by atoms with Crippen molar-refractivity contribution < 1.29 is 9.53 Å². The van der Waals surface area contributed by atoms with Crippen molar-refractivity contribution in [1.29, 1.82) is 0 Å². The lowest BCUT2D eigenvalue weighted by Gasteiger charge is -2.35. The van der Waals surface area contributed by atoms with Crippen LogP contribution in [0.25, 0.3) is 0 Å². The number of allylic oxidation sites excluding steroid dienone is 3. The second-order valence-corrected chi connectivity index (χ2v) is 4.94. The molecule has 0 fully saturated rings. The summed E-state index contributed by atoms with van der Waals surface area (Å²) < 4.78 is 5.80. The minimum Gasteiger partial charge on any atom is -0.454 e. The van der Waals surface area contributed by atoms with Gasteiger partial charge >= 0.3 is 5.97 Å². The molecule has 2 nitrogen and oxygen atoms in total. The summed E-state index contributed by atoms with van der Waals surface area (Å²) in [6, 6.07) is 0. The van der Waals surface area contributed by atoms with Gasteiger partial charge in [-0.25, -0.2) is 0 Å². The molecule has 0 aromatic heterocycles. The first-order valence-electron chi connectivity index (χ1n) is 6.64. The summed E-state index contributed by atoms with van der Waals surface area (Å²) in [7, 11) is 0. The van der Waals surface area contributed by atoms with E-state index < -0.39 is 0 Å². The van der Waals surface area contributed by atoms with Crippen molar-refractivity contribution in [2.24, 2.45) is 5.92 Å². The van der Waals surface area contributed by atoms with Crippen LogP contribution in [0.3, 0.4) is 0 Å². The van der Waals surface area contributed by atoms with Crippen molar-refractivity contribution >= 4 is 5.97 Å². The Morgan fingerprint density at radius 1 is 1.41 bits per heavy atom. The molecule has 0 aromatic rings. The molecule has 17 heavy (non-hydrogen) atoms. The Labute approximate surface area is 105 Å². The lowest BCUT2D eigenvalue weighted by molar-refractivity contribution is -0.161. The average molecular weight is 236 g/mol. The highest BCUT2D eigenvalue weighted by molar-refractivity contribution is 5.72. The van der Waals surface area contributed by atoms with E-state index in [2.05, 4.69) is 32.1 Å². The van der Waals surface area contributed by atoms with Crippen molar-refractivity contribution in [3.05, 3.63) is 23.8 Å². The van der Waals surface area contributed by atoms with Gasteiger partial charge in [0.1, 0.15) is 5.60 Å². The summed E-state index contributed by atoms with van der Waals surface area (Å²) in [5, 5.41) is 0. The average Bonchev–Trinajstić information content (AvgIpc) is 2.36. The van der Waals surface area contributed by atoms with Gasteiger partial charge in [-0.3, -0.25) is 4.79 Å². The Balaban J connectivity index is 2.92. The third kappa shape index (κ3) is 3.21. The molecule has 0 radical (unpaired) electrons. The number of hydrogen-bond acceptors (Lipinski definition) is 2. The number of hydrogen-bond donors (Lipinski definition) is 0. The van der Waals surface area contributed by atoms with E-state index in [1.165, 1.54) is 5.57 Å². The third-order valence-electron chi connectivity index (χ3n) is 3.51. The largest absolute Gasteiger partial charge is 0.454 e. The smallest absolute Gasteiger partial charge is 0.309 e. The molecular formula is C15H24O2. The summed E-state index contributed by atoms with van der Waals surface area (Å²) in [5.74, 6) is -0.156. The zero-order valence-corrected chi connectivity index (χ0v) is 11.5. The molecule has 2 heteroatoms. The Morgan fingerprint density at radius 2 is 2.06 bits per heavy atom. The van der Waals surface area contributed by atoms with Crippen LogP contribution < -0.4 is 0 Å². The van der Waals surface area contributed by atoms with Crippen molar-refractivity contribution in [3.63, 3.8) is 0 Å². The zero-order chi connectivity index (χ0) is 12.9. The fourth-order valence-corrected chi connectivity index (χ4v) is 2.21. The van der Waals surface area contributed by atoms with Gasteiger partial charge in [0.2, 0.25) is 0 Å². The summed E-state index contributed by atoms with van der Waals surface area (Å²) in [6.45, 7) is 7.95. The van der Waals surface area contributed by atoms with Crippen molar-refractivity contribution in [2.75, 3.05) is 0 Å². The zero-order valence-electron chi connectivity index (χ0n) is 11.5. The molecule has 0 bridgehead atoms. The first-order valence-corrected chi connectivity index (χ1v) is 6.64. The van der Waals surface area contributed by atoms with E-state index in [0.717, 1.165) is 25.7 Å². The van der Waals surface area contributed by atoms with E-state index in [1.54, 1.807) is 0 Å². The molecule has 0 aromatic carbocycles. The first-order chi connectivity index (χ1) is 8.05. The highest BCUT2D eigenvalue weighted by atomic mass is 16.6. The molecule has 1 aliphatic rings. The van der Waals surface area contributed by atoms with Crippen LogP contribution in [0.4, 0.5) is 0 Å². The second kappa shape index (κ2) is 6.04. The molecule has 0 spiro atoms. The highest BCUT2D eigenvalue weighted by Crippen LogP contribution is 2.34. The van der Waals surface area contributed by atoms with Crippen molar-refractivity contribution in [1.82, 2.24) is 0 Å². The second-order valence-electron chi connectivity index (χ2n) is 4.94. The number of carbonyl (C=O) groups excluding carboxylic acids is 1. The van der Waals surface area contributed by atoms with Crippen LogP contribution in [0.5, 0.6) is 0 Å². The molecule has 0 saturated heterocycles. The molecular weight excluding hydrogens is 212 g/mol. The van der Waals surface area contributed by atoms with E-state index in [0.29, 0.717) is 0 Å². The van der Waals surface area contributed by atoms with Crippen LogP contribution in [-0.2, 0) is 9.53 Å². The van der Waals surface area contributed by atoms with Gasteiger partial charge in [0.15, 0.2) is 0 Å². The molecule has 0 aliphatic heterocycles. The summed E-state index contributed by atoms with van der Waals surface area (Å²) in [6.07, 6.45) is 10.1. The van der Waals surface area contributed by atoms with Gasteiger partial charge in [0.05, 0.1) is 5.92 Å². The molecule has 1 rings (SSSR count). The van der Waals surface area contributed by atoms with Gasteiger partial charge in [-0.1, -0.05) is 45.9 Å². The lowest BCUT2D eigenvalue weighted by atomic mass is 9.83. The topological polar surface area (TPSA) is 26.3 Å². The normalized spacial score (nSPS) is 15.9. The molecule has 0 unspecified atom stereocenters. The number of esters is 1. The van der Waals surface area contributed by atoms with E-state index in [1.807, 2.05) is 13.8 Å². The Bertz CT molecular complexity index is 320. The molecule has 0 N–H and O–H groups in total. The maximum atomic E-state index is 11.9. The summed E-state index contributed by atoms with van der Waals surface area (Å²) in [5.41, 5.74) is 0.880. The van der Waals surface area contributed by atoms with Crippen LogP contribution in [0, 0.1) is 5.92 Å². The standard InChI is InChI=1S/C15H24O2/c1-5-15(6-2,17-14(16)12(3)4)13-10-8-7-9-11-13/h7-8,10,12H,5-6,9,11H2,1-4H3. The molecule has 1 aliphatic carbocycles. The van der Waals surface area contributed by atoms with E-state index in [-0.39, 0.29) is 17.5 Å². The molecule has 0 amide bonds. The van der Waals surface area contributed by atoms with E-state index >= 15 is 0 Å². The van der Waals surface area contributed by atoms with E-state index in [9.17, 15) is 4.79 Å². The molecule has 0 heterocycles. The summed E-state index contributed by atoms with van der Waals surface area (Å²) >= 11 is 0. The van der Waals surface area contributed by atoms with Crippen LogP contribution in [-0.4, -0.2) is 11.6 Å².